The van der Waals surface area contributed by atoms with E-state index in [0.717, 1.165) is 25.7 Å². The summed E-state index contributed by atoms with van der Waals surface area (Å²) in [4.78, 5) is 0. The molecule has 2 nitrogen and oxygen atoms in total. The molecule has 1 aromatic rings. The summed E-state index contributed by atoms with van der Waals surface area (Å²) in [6.45, 7) is 0.451. The van der Waals surface area contributed by atoms with E-state index in [0.29, 0.717) is 23.2 Å². The lowest BCUT2D eigenvalue weighted by molar-refractivity contribution is 0.116. The Kier molecular flexibility index (Phi) is 4.37. The summed E-state index contributed by atoms with van der Waals surface area (Å²) in [5.41, 5.74) is 0.528. The summed E-state index contributed by atoms with van der Waals surface area (Å²) in [5.74, 6) is -0.263. The first-order valence-electron chi connectivity index (χ1n) is 6.01. The predicted octanol–water partition coefficient (Wildman–Crippen LogP) is 2.87. The molecule has 1 fully saturated rings. The Morgan fingerprint density at radius 3 is 2.65 bits per heavy atom. The summed E-state index contributed by atoms with van der Waals surface area (Å²) >= 11 is 5.95. The second-order valence-corrected chi connectivity index (χ2v) is 4.99. The Bertz CT molecular complexity index is 357. The monoisotopic (exact) mass is 257 g/mol. The van der Waals surface area contributed by atoms with Crippen molar-refractivity contribution in [2.75, 3.05) is 0 Å². The van der Waals surface area contributed by atoms with Gasteiger partial charge in [-0.25, -0.2) is 4.39 Å². The van der Waals surface area contributed by atoms with Crippen molar-refractivity contribution in [3.63, 3.8) is 0 Å². The van der Waals surface area contributed by atoms with E-state index in [2.05, 4.69) is 5.32 Å². The smallest absolute Gasteiger partial charge is 0.129 e. The van der Waals surface area contributed by atoms with Gasteiger partial charge in [-0.1, -0.05) is 17.7 Å². The summed E-state index contributed by atoms with van der Waals surface area (Å²) in [5, 5.41) is 13.2. The molecular weight excluding hydrogens is 241 g/mol. The summed E-state index contributed by atoms with van der Waals surface area (Å²) in [6.07, 6.45) is 3.36. The van der Waals surface area contributed by atoms with Crippen molar-refractivity contribution in [1.29, 1.82) is 0 Å². The van der Waals surface area contributed by atoms with E-state index in [4.69, 9.17) is 11.6 Å². The highest BCUT2D eigenvalue weighted by Gasteiger charge is 2.19. The number of rotatable bonds is 3. The fraction of sp³-hybridized carbons (Fsp3) is 0.538. The van der Waals surface area contributed by atoms with Crippen LogP contribution in [0.4, 0.5) is 4.39 Å². The fourth-order valence-electron chi connectivity index (χ4n) is 2.23. The Morgan fingerprint density at radius 1 is 1.29 bits per heavy atom. The molecule has 2 N–H and O–H groups in total. The highest BCUT2D eigenvalue weighted by atomic mass is 35.5. The van der Waals surface area contributed by atoms with Gasteiger partial charge in [0.05, 0.1) is 6.10 Å². The molecule has 94 valence electrons. The molecule has 1 aliphatic carbocycles. The first-order valence-corrected chi connectivity index (χ1v) is 6.39. The molecule has 0 saturated heterocycles. The molecule has 1 aromatic carbocycles. The Labute approximate surface area is 106 Å². The van der Waals surface area contributed by atoms with Gasteiger partial charge in [-0.3, -0.25) is 0 Å². The fourth-order valence-corrected chi connectivity index (χ4v) is 2.46. The van der Waals surface area contributed by atoms with Crippen molar-refractivity contribution in [3.05, 3.63) is 34.6 Å². The van der Waals surface area contributed by atoms with Crippen LogP contribution in [-0.4, -0.2) is 17.3 Å². The van der Waals surface area contributed by atoms with Gasteiger partial charge in [0, 0.05) is 23.2 Å². The van der Waals surface area contributed by atoms with Crippen LogP contribution in [0.25, 0.3) is 0 Å². The highest BCUT2D eigenvalue weighted by Crippen LogP contribution is 2.21. The largest absolute Gasteiger partial charge is 0.393 e. The van der Waals surface area contributed by atoms with Crippen LogP contribution < -0.4 is 5.32 Å². The van der Waals surface area contributed by atoms with Crippen LogP contribution in [0.3, 0.4) is 0 Å². The SMILES string of the molecule is OC1CCC(NCc2c(F)cccc2Cl)CC1. The van der Waals surface area contributed by atoms with Gasteiger partial charge in [0.1, 0.15) is 5.82 Å². The average Bonchev–Trinajstić information content (AvgIpc) is 2.31. The number of aliphatic hydroxyl groups excluding tert-OH is 1. The topological polar surface area (TPSA) is 32.3 Å². The third-order valence-electron chi connectivity index (χ3n) is 3.33. The molecule has 0 radical (unpaired) electrons. The van der Waals surface area contributed by atoms with Gasteiger partial charge in [0.25, 0.3) is 0 Å². The summed E-state index contributed by atoms with van der Waals surface area (Å²) < 4.78 is 13.5. The number of hydrogen-bond donors (Lipinski definition) is 2. The first-order chi connectivity index (χ1) is 8.16. The third-order valence-corrected chi connectivity index (χ3v) is 3.68. The van der Waals surface area contributed by atoms with Crippen LogP contribution in [0.1, 0.15) is 31.2 Å². The van der Waals surface area contributed by atoms with E-state index in [1.807, 2.05) is 0 Å². The molecule has 0 amide bonds. The molecule has 2 rings (SSSR count). The maximum absolute atomic E-state index is 13.5. The molecule has 17 heavy (non-hydrogen) atoms. The normalized spacial score (nSPS) is 24.9. The molecule has 1 aliphatic rings. The minimum Gasteiger partial charge on any atom is -0.393 e. The molecule has 0 bridgehead atoms. The van der Waals surface area contributed by atoms with E-state index >= 15 is 0 Å². The quantitative estimate of drug-likeness (QED) is 0.873. The molecule has 4 heteroatoms. The number of hydrogen-bond acceptors (Lipinski definition) is 2. The van der Waals surface area contributed by atoms with Crippen molar-refractivity contribution in [1.82, 2.24) is 5.32 Å². The molecule has 0 aromatic heterocycles. The van der Waals surface area contributed by atoms with Crippen LogP contribution in [0.5, 0.6) is 0 Å². The predicted molar refractivity (Wildman–Crippen MR) is 66.5 cm³/mol. The van der Waals surface area contributed by atoms with Gasteiger partial charge in [-0.15, -0.1) is 0 Å². The lowest BCUT2D eigenvalue weighted by atomic mass is 9.93. The molecule has 1 saturated carbocycles. The molecule has 0 spiro atoms. The molecular formula is C13H17ClFNO. The maximum atomic E-state index is 13.5. The van der Waals surface area contributed by atoms with Crippen LogP contribution in [0.2, 0.25) is 5.02 Å². The Morgan fingerprint density at radius 2 is 2.00 bits per heavy atom. The second-order valence-electron chi connectivity index (χ2n) is 4.59. The summed E-state index contributed by atoms with van der Waals surface area (Å²) in [7, 11) is 0. The number of aliphatic hydroxyl groups is 1. The third kappa shape index (κ3) is 3.41. The molecule has 0 heterocycles. The number of benzene rings is 1. The molecule has 0 atom stereocenters. The Balaban J connectivity index is 1.89. The minimum absolute atomic E-state index is 0.162. The van der Waals surface area contributed by atoms with E-state index in [1.54, 1.807) is 12.1 Å². The lowest BCUT2D eigenvalue weighted by Crippen LogP contribution is -2.34. The van der Waals surface area contributed by atoms with E-state index in [-0.39, 0.29) is 11.9 Å². The van der Waals surface area contributed by atoms with Crippen molar-refractivity contribution in [2.45, 2.75) is 44.4 Å². The number of nitrogens with one attached hydrogen (secondary N) is 1. The first kappa shape index (κ1) is 12.8. The lowest BCUT2D eigenvalue weighted by Gasteiger charge is -2.26. The highest BCUT2D eigenvalue weighted by molar-refractivity contribution is 6.31. The van der Waals surface area contributed by atoms with Gasteiger partial charge >= 0.3 is 0 Å². The summed E-state index contributed by atoms with van der Waals surface area (Å²) in [6, 6.07) is 5.09. The van der Waals surface area contributed by atoms with Crippen LogP contribution in [0, 0.1) is 5.82 Å². The van der Waals surface area contributed by atoms with Gasteiger partial charge in [-0.2, -0.15) is 0 Å². The van der Waals surface area contributed by atoms with Gasteiger partial charge in [-0.05, 0) is 37.8 Å². The minimum atomic E-state index is -0.263. The van der Waals surface area contributed by atoms with Crippen molar-refractivity contribution in [3.8, 4) is 0 Å². The maximum Gasteiger partial charge on any atom is 0.129 e. The molecule has 0 unspecified atom stereocenters. The van der Waals surface area contributed by atoms with Gasteiger partial charge in [0.15, 0.2) is 0 Å². The standard InChI is InChI=1S/C13H17ClFNO/c14-12-2-1-3-13(15)11(12)8-16-9-4-6-10(17)7-5-9/h1-3,9-10,16-17H,4-8H2. The Hall–Kier alpha value is -0.640. The number of halogens is 2. The van der Waals surface area contributed by atoms with Crippen molar-refractivity contribution < 1.29 is 9.50 Å². The van der Waals surface area contributed by atoms with Crippen molar-refractivity contribution >= 4 is 11.6 Å². The average molecular weight is 258 g/mol. The van der Waals surface area contributed by atoms with Crippen LogP contribution in [-0.2, 0) is 6.54 Å². The van der Waals surface area contributed by atoms with Crippen molar-refractivity contribution in [2.24, 2.45) is 0 Å². The molecule has 0 aliphatic heterocycles. The van der Waals surface area contributed by atoms with Crippen LogP contribution in [0.15, 0.2) is 18.2 Å². The van der Waals surface area contributed by atoms with Gasteiger partial charge < -0.3 is 10.4 Å². The van der Waals surface area contributed by atoms with Crippen LogP contribution >= 0.6 is 11.6 Å². The van der Waals surface area contributed by atoms with E-state index in [1.165, 1.54) is 6.07 Å². The van der Waals surface area contributed by atoms with E-state index in [9.17, 15) is 9.50 Å². The van der Waals surface area contributed by atoms with E-state index < -0.39 is 0 Å². The zero-order valence-electron chi connectivity index (χ0n) is 9.63. The van der Waals surface area contributed by atoms with Gasteiger partial charge in [0.2, 0.25) is 0 Å². The second kappa shape index (κ2) is 5.80. The zero-order valence-corrected chi connectivity index (χ0v) is 10.4. The zero-order chi connectivity index (χ0) is 12.3.